The van der Waals surface area contributed by atoms with Gasteiger partial charge in [0.1, 0.15) is 5.82 Å². The van der Waals surface area contributed by atoms with Gasteiger partial charge in [-0.15, -0.1) is 0 Å². The molecule has 1 atom stereocenters. The van der Waals surface area contributed by atoms with Crippen LogP contribution < -0.4 is 15.5 Å². The Morgan fingerprint density at radius 3 is 2.65 bits per heavy atom. The molecule has 20 heavy (non-hydrogen) atoms. The van der Waals surface area contributed by atoms with Gasteiger partial charge >= 0.3 is 5.69 Å². The fourth-order valence-corrected chi connectivity index (χ4v) is 1.83. The standard InChI is InChI=1S/C12H19N5O3/c1-8(12(18)14-3)7-16(4)11-9(17(19)20)5-6-10(13-2)15-11/h5-6,8H,7H2,1-4H3,(H,13,15)(H,14,18). The summed E-state index contributed by atoms with van der Waals surface area (Å²) in [5.74, 6) is 0.344. The van der Waals surface area contributed by atoms with E-state index in [0.717, 1.165) is 0 Å². The van der Waals surface area contributed by atoms with E-state index in [1.807, 2.05) is 0 Å². The molecule has 0 fully saturated rings. The number of aromatic nitrogens is 1. The van der Waals surface area contributed by atoms with Gasteiger partial charge in [0.25, 0.3) is 0 Å². The Bertz CT molecular complexity index is 506. The molecule has 0 bridgehead atoms. The van der Waals surface area contributed by atoms with Crippen LogP contribution in [0.25, 0.3) is 0 Å². The van der Waals surface area contributed by atoms with E-state index in [-0.39, 0.29) is 23.3 Å². The highest BCUT2D eigenvalue weighted by Gasteiger charge is 2.22. The fraction of sp³-hybridized carbons (Fsp3) is 0.500. The average Bonchev–Trinajstić information content (AvgIpc) is 2.45. The minimum absolute atomic E-state index is 0.0874. The van der Waals surface area contributed by atoms with Crippen molar-refractivity contribution in [3.63, 3.8) is 0 Å². The average molecular weight is 281 g/mol. The Kier molecular flexibility index (Phi) is 5.24. The maximum absolute atomic E-state index is 11.5. The lowest BCUT2D eigenvalue weighted by Gasteiger charge is -2.21. The minimum atomic E-state index is -0.483. The summed E-state index contributed by atoms with van der Waals surface area (Å²) in [6.45, 7) is 2.09. The van der Waals surface area contributed by atoms with Crippen molar-refractivity contribution >= 4 is 23.2 Å². The van der Waals surface area contributed by atoms with Gasteiger partial charge in [0.15, 0.2) is 0 Å². The Balaban J connectivity index is 3.03. The fourth-order valence-electron chi connectivity index (χ4n) is 1.83. The summed E-state index contributed by atoms with van der Waals surface area (Å²) in [6.07, 6.45) is 0. The highest BCUT2D eigenvalue weighted by Crippen LogP contribution is 2.27. The van der Waals surface area contributed by atoms with E-state index >= 15 is 0 Å². The lowest BCUT2D eigenvalue weighted by molar-refractivity contribution is -0.384. The van der Waals surface area contributed by atoms with Crippen molar-refractivity contribution in [2.24, 2.45) is 5.92 Å². The van der Waals surface area contributed by atoms with Gasteiger partial charge < -0.3 is 15.5 Å². The third kappa shape index (κ3) is 3.56. The molecule has 1 aromatic rings. The number of anilines is 2. The van der Waals surface area contributed by atoms with Gasteiger partial charge in [0.2, 0.25) is 11.7 Å². The molecule has 0 radical (unpaired) electrons. The summed E-state index contributed by atoms with van der Waals surface area (Å²) < 4.78 is 0. The molecule has 8 heteroatoms. The van der Waals surface area contributed by atoms with Gasteiger partial charge in [-0.1, -0.05) is 6.92 Å². The van der Waals surface area contributed by atoms with Gasteiger partial charge in [-0.25, -0.2) is 4.98 Å². The molecule has 0 aliphatic carbocycles. The van der Waals surface area contributed by atoms with Gasteiger partial charge in [-0.3, -0.25) is 14.9 Å². The molecular formula is C12H19N5O3. The van der Waals surface area contributed by atoms with Crippen LogP contribution in [0.1, 0.15) is 6.92 Å². The van der Waals surface area contributed by atoms with Crippen LogP contribution in [0.15, 0.2) is 12.1 Å². The predicted octanol–water partition coefficient (Wildman–Crippen LogP) is 0.850. The molecule has 0 aromatic carbocycles. The molecule has 110 valence electrons. The maximum Gasteiger partial charge on any atom is 0.311 e. The van der Waals surface area contributed by atoms with E-state index in [2.05, 4.69) is 15.6 Å². The van der Waals surface area contributed by atoms with Crippen molar-refractivity contribution in [3.05, 3.63) is 22.2 Å². The van der Waals surface area contributed by atoms with Crippen LogP contribution in [-0.2, 0) is 4.79 Å². The van der Waals surface area contributed by atoms with E-state index in [1.54, 1.807) is 33.0 Å². The first kappa shape index (κ1) is 15.7. The molecule has 1 rings (SSSR count). The van der Waals surface area contributed by atoms with E-state index in [1.165, 1.54) is 12.1 Å². The van der Waals surface area contributed by atoms with E-state index < -0.39 is 4.92 Å². The van der Waals surface area contributed by atoms with Crippen LogP contribution in [0.5, 0.6) is 0 Å². The summed E-state index contributed by atoms with van der Waals surface area (Å²) in [7, 11) is 4.92. The third-order valence-corrected chi connectivity index (χ3v) is 2.91. The van der Waals surface area contributed by atoms with Crippen LogP contribution >= 0.6 is 0 Å². The topological polar surface area (TPSA) is 100 Å². The number of hydrogen-bond acceptors (Lipinski definition) is 6. The Morgan fingerprint density at radius 2 is 2.15 bits per heavy atom. The van der Waals surface area contributed by atoms with Crippen molar-refractivity contribution < 1.29 is 9.72 Å². The van der Waals surface area contributed by atoms with E-state index in [4.69, 9.17) is 0 Å². The largest absolute Gasteiger partial charge is 0.373 e. The first-order valence-electron chi connectivity index (χ1n) is 6.16. The predicted molar refractivity (Wildman–Crippen MR) is 76.9 cm³/mol. The highest BCUT2D eigenvalue weighted by atomic mass is 16.6. The van der Waals surface area contributed by atoms with Gasteiger partial charge in [0, 0.05) is 33.8 Å². The second-order valence-corrected chi connectivity index (χ2v) is 4.44. The molecule has 1 amide bonds. The van der Waals surface area contributed by atoms with E-state index in [9.17, 15) is 14.9 Å². The Hall–Kier alpha value is -2.38. The molecule has 1 heterocycles. The zero-order valence-electron chi connectivity index (χ0n) is 12.0. The lowest BCUT2D eigenvalue weighted by Crippen LogP contribution is -2.35. The normalized spacial score (nSPS) is 11.6. The molecule has 0 aliphatic rings. The van der Waals surface area contributed by atoms with Crippen LogP contribution in [0.4, 0.5) is 17.3 Å². The van der Waals surface area contributed by atoms with Crippen molar-refractivity contribution in [2.75, 3.05) is 37.9 Å². The summed E-state index contributed by atoms with van der Waals surface area (Å²) in [6, 6.07) is 2.94. The highest BCUT2D eigenvalue weighted by molar-refractivity contribution is 5.78. The molecule has 0 aliphatic heterocycles. The summed E-state index contributed by atoms with van der Waals surface area (Å²) in [5.41, 5.74) is -0.0874. The quantitative estimate of drug-likeness (QED) is 0.592. The zero-order valence-corrected chi connectivity index (χ0v) is 12.0. The lowest BCUT2D eigenvalue weighted by atomic mass is 10.1. The second kappa shape index (κ2) is 6.69. The number of amides is 1. The van der Waals surface area contributed by atoms with Crippen LogP contribution in [0.3, 0.4) is 0 Å². The van der Waals surface area contributed by atoms with Crippen molar-refractivity contribution in [1.29, 1.82) is 0 Å². The molecular weight excluding hydrogens is 262 g/mol. The molecule has 1 unspecified atom stereocenters. The summed E-state index contributed by atoms with van der Waals surface area (Å²) in [5, 5.41) is 16.4. The second-order valence-electron chi connectivity index (χ2n) is 4.44. The maximum atomic E-state index is 11.5. The van der Waals surface area contributed by atoms with Gasteiger partial charge in [-0.2, -0.15) is 0 Å². The molecule has 0 spiro atoms. The molecule has 0 saturated carbocycles. The van der Waals surface area contributed by atoms with Crippen LogP contribution in [-0.4, -0.2) is 43.5 Å². The van der Waals surface area contributed by atoms with Gasteiger partial charge in [-0.05, 0) is 6.07 Å². The number of carbonyl (C=O) groups excluding carboxylic acids is 1. The van der Waals surface area contributed by atoms with Crippen molar-refractivity contribution in [3.8, 4) is 0 Å². The first-order valence-corrected chi connectivity index (χ1v) is 6.16. The first-order chi connectivity index (χ1) is 9.40. The molecule has 8 nitrogen and oxygen atoms in total. The number of nitrogens with one attached hydrogen (secondary N) is 2. The number of nitro groups is 1. The number of pyridine rings is 1. The molecule has 0 saturated heterocycles. The molecule has 1 aromatic heterocycles. The third-order valence-electron chi connectivity index (χ3n) is 2.91. The SMILES string of the molecule is CNC(=O)C(C)CN(C)c1nc(NC)ccc1[N+](=O)[O-]. The number of carbonyl (C=O) groups is 1. The van der Waals surface area contributed by atoms with Crippen LogP contribution in [0, 0.1) is 16.0 Å². The number of hydrogen-bond donors (Lipinski definition) is 2. The van der Waals surface area contributed by atoms with Gasteiger partial charge in [0.05, 0.1) is 10.8 Å². The monoisotopic (exact) mass is 281 g/mol. The zero-order chi connectivity index (χ0) is 15.3. The number of rotatable bonds is 6. The van der Waals surface area contributed by atoms with Crippen molar-refractivity contribution in [2.45, 2.75) is 6.92 Å². The smallest absolute Gasteiger partial charge is 0.311 e. The van der Waals surface area contributed by atoms with E-state index in [0.29, 0.717) is 12.4 Å². The van der Waals surface area contributed by atoms with Crippen LogP contribution in [0.2, 0.25) is 0 Å². The Labute approximate surface area is 117 Å². The minimum Gasteiger partial charge on any atom is -0.373 e. The Morgan fingerprint density at radius 1 is 1.50 bits per heavy atom. The summed E-state index contributed by atoms with van der Waals surface area (Å²) in [4.78, 5) is 27.9. The summed E-state index contributed by atoms with van der Waals surface area (Å²) >= 11 is 0. The van der Waals surface area contributed by atoms with Crippen molar-refractivity contribution in [1.82, 2.24) is 10.3 Å². The number of nitrogens with zero attached hydrogens (tertiary/aromatic N) is 3. The molecule has 2 N–H and O–H groups in total.